The third-order valence-electron chi connectivity index (χ3n) is 2.80. The Kier molecular flexibility index (Phi) is 3.70. The van der Waals surface area contributed by atoms with Crippen LogP contribution in [-0.4, -0.2) is 22.7 Å². The van der Waals surface area contributed by atoms with E-state index in [-0.39, 0.29) is 18.2 Å². The number of hydrogen-bond donors (Lipinski definition) is 2. The van der Waals surface area contributed by atoms with Crippen molar-refractivity contribution >= 4 is 5.84 Å². The second-order valence-corrected chi connectivity index (χ2v) is 3.96. The van der Waals surface area contributed by atoms with Crippen LogP contribution in [0.15, 0.2) is 41.7 Å². The molecule has 0 aliphatic heterocycles. The van der Waals surface area contributed by atoms with Gasteiger partial charge in [0.1, 0.15) is 11.6 Å². The standard InChI is InChI=1S/C13H14FN3O2/c1-19-10-5-4-9(11(14)7-10)8-17-6-2-3-12(17)13(15)16-18/h2-7,18H,8H2,1H3,(H2,15,16). The van der Waals surface area contributed by atoms with Crippen molar-refractivity contribution < 1.29 is 14.3 Å². The molecule has 1 aromatic carbocycles. The predicted molar refractivity (Wildman–Crippen MR) is 69.0 cm³/mol. The number of rotatable bonds is 4. The molecule has 0 fully saturated rings. The van der Waals surface area contributed by atoms with E-state index in [0.29, 0.717) is 17.0 Å². The van der Waals surface area contributed by atoms with Gasteiger partial charge in [-0.15, -0.1) is 0 Å². The lowest BCUT2D eigenvalue weighted by Crippen LogP contribution is -2.18. The molecule has 0 saturated carbocycles. The Morgan fingerprint density at radius 1 is 1.47 bits per heavy atom. The Morgan fingerprint density at radius 2 is 2.26 bits per heavy atom. The molecule has 5 nitrogen and oxygen atoms in total. The van der Waals surface area contributed by atoms with E-state index in [0.717, 1.165) is 0 Å². The molecule has 1 heterocycles. The van der Waals surface area contributed by atoms with Gasteiger partial charge in [-0.25, -0.2) is 4.39 Å². The summed E-state index contributed by atoms with van der Waals surface area (Å²) in [6.07, 6.45) is 1.73. The molecule has 3 N–H and O–H groups in total. The van der Waals surface area contributed by atoms with E-state index >= 15 is 0 Å². The van der Waals surface area contributed by atoms with Crippen LogP contribution >= 0.6 is 0 Å². The number of methoxy groups -OCH3 is 1. The number of oxime groups is 1. The van der Waals surface area contributed by atoms with Crippen molar-refractivity contribution in [3.63, 3.8) is 0 Å². The van der Waals surface area contributed by atoms with E-state index in [1.54, 1.807) is 35.0 Å². The fourth-order valence-corrected chi connectivity index (χ4v) is 1.80. The third kappa shape index (κ3) is 2.67. The lowest BCUT2D eigenvalue weighted by molar-refractivity contribution is 0.318. The summed E-state index contributed by atoms with van der Waals surface area (Å²) in [5.41, 5.74) is 6.56. The zero-order chi connectivity index (χ0) is 13.8. The minimum absolute atomic E-state index is 0.0149. The van der Waals surface area contributed by atoms with Gasteiger partial charge < -0.3 is 20.2 Å². The second kappa shape index (κ2) is 5.43. The smallest absolute Gasteiger partial charge is 0.186 e. The summed E-state index contributed by atoms with van der Waals surface area (Å²) in [5, 5.41) is 11.6. The van der Waals surface area contributed by atoms with Crippen LogP contribution in [0.1, 0.15) is 11.3 Å². The van der Waals surface area contributed by atoms with Crippen LogP contribution in [-0.2, 0) is 6.54 Å². The molecule has 0 radical (unpaired) electrons. The number of benzene rings is 1. The highest BCUT2D eigenvalue weighted by atomic mass is 19.1. The average molecular weight is 263 g/mol. The molecule has 0 saturated heterocycles. The van der Waals surface area contributed by atoms with Crippen LogP contribution in [0.4, 0.5) is 4.39 Å². The molecule has 0 aliphatic rings. The van der Waals surface area contributed by atoms with E-state index in [9.17, 15) is 4.39 Å². The van der Waals surface area contributed by atoms with Gasteiger partial charge in [0.15, 0.2) is 5.84 Å². The van der Waals surface area contributed by atoms with E-state index in [1.165, 1.54) is 13.2 Å². The van der Waals surface area contributed by atoms with Crippen LogP contribution in [0.2, 0.25) is 0 Å². The number of amidine groups is 1. The van der Waals surface area contributed by atoms with Crippen LogP contribution in [0.25, 0.3) is 0 Å². The fraction of sp³-hybridized carbons (Fsp3) is 0.154. The highest BCUT2D eigenvalue weighted by molar-refractivity contribution is 5.95. The quantitative estimate of drug-likeness (QED) is 0.382. The minimum Gasteiger partial charge on any atom is -0.497 e. The molecule has 2 rings (SSSR count). The third-order valence-corrected chi connectivity index (χ3v) is 2.80. The first-order valence-electron chi connectivity index (χ1n) is 5.61. The molecule has 0 amide bonds. The van der Waals surface area contributed by atoms with Crippen molar-refractivity contribution in [2.24, 2.45) is 10.9 Å². The van der Waals surface area contributed by atoms with E-state index in [4.69, 9.17) is 15.7 Å². The largest absolute Gasteiger partial charge is 0.497 e. The maximum absolute atomic E-state index is 13.8. The molecule has 0 atom stereocenters. The van der Waals surface area contributed by atoms with E-state index < -0.39 is 0 Å². The summed E-state index contributed by atoms with van der Waals surface area (Å²) in [4.78, 5) is 0. The number of nitrogens with two attached hydrogens (primary N) is 1. The summed E-state index contributed by atoms with van der Waals surface area (Å²) in [6.45, 7) is 0.286. The second-order valence-electron chi connectivity index (χ2n) is 3.96. The average Bonchev–Trinajstić information content (AvgIpc) is 2.88. The summed E-state index contributed by atoms with van der Waals surface area (Å²) >= 11 is 0. The van der Waals surface area contributed by atoms with Gasteiger partial charge in [-0.2, -0.15) is 0 Å². The first-order valence-corrected chi connectivity index (χ1v) is 5.61. The molecule has 1 aromatic heterocycles. The molecular weight excluding hydrogens is 249 g/mol. The molecule has 19 heavy (non-hydrogen) atoms. The van der Waals surface area contributed by atoms with Gasteiger partial charge in [-0.1, -0.05) is 11.2 Å². The van der Waals surface area contributed by atoms with Gasteiger partial charge in [-0.05, 0) is 18.2 Å². The van der Waals surface area contributed by atoms with Crippen molar-refractivity contribution in [3.05, 3.63) is 53.6 Å². The van der Waals surface area contributed by atoms with Gasteiger partial charge in [0.05, 0.1) is 19.3 Å². The van der Waals surface area contributed by atoms with E-state index in [1.807, 2.05) is 0 Å². The molecule has 0 spiro atoms. The van der Waals surface area contributed by atoms with Gasteiger partial charge in [0.25, 0.3) is 0 Å². The molecule has 0 bridgehead atoms. The molecule has 6 heteroatoms. The lowest BCUT2D eigenvalue weighted by Gasteiger charge is -2.10. The van der Waals surface area contributed by atoms with Gasteiger partial charge >= 0.3 is 0 Å². The van der Waals surface area contributed by atoms with Crippen LogP contribution in [0.5, 0.6) is 5.75 Å². The predicted octanol–water partition coefficient (Wildman–Crippen LogP) is 1.78. The minimum atomic E-state index is -0.362. The number of ether oxygens (including phenoxy) is 1. The summed E-state index contributed by atoms with van der Waals surface area (Å²) < 4.78 is 20.5. The Balaban J connectivity index is 2.29. The number of halogens is 1. The van der Waals surface area contributed by atoms with Crippen molar-refractivity contribution in [1.29, 1.82) is 0 Å². The Morgan fingerprint density at radius 3 is 2.89 bits per heavy atom. The Hall–Kier alpha value is -2.50. The highest BCUT2D eigenvalue weighted by Gasteiger charge is 2.09. The molecule has 0 unspecified atom stereocenters. The summed E-state index contributed by atoms with van der Waals surface area (Å²) in [6, 6.07) is 8.09. The number of aromatic nitrogens is 1. The molecule has 0 aliphatic carbocycles. The lowest BCUT2D eigenvalue weighted by atomic mass is 10.2. The van der Waals surface area contributed by atoms with Gasteiger partial charge in [-0.3, -0.25) is 0 Å². The Labute approximate surface area is 109 Å². The molecule has 2 aromatic rings. The van der Waals surface area contributed by atoms with Crippen molar-refractivity contribution in [2.75, 3.05) is 7.11 Å². The number of nitrogens with zero attached hydrogens (tertiary/aromatic N) is 2. The SMILES string of the molecule is COc1ccc(Cn2cccc2/C(N)=N/O)c(F)c1. The number of hydrogen-bond acceptors (Lipinski definition) is 3. The monoisotopic (exact) mass is 263 g/mol. The molecule has 100 valence electrons. The maximum atomic E-state index is 13.8. The van der Waals surface area contributed by atoms with Gasteiger partial charge in [0, 0.05) is 17.8 Å². The maximum Gasteiger partial charge on any atom is 0.186 e. The van der Waals surface area contributed by atoms with Crippen LogP contribution < -0.4 is 10.5 Å². The van der Waals surface area contributed by atoms with E-state index in [2.05, 4.69) is 5.16 Å². The normalized spacial score (nSPS) is 11.6. The zero-order valence-electron chi connectivity index (χ0n) is 10.4. The fourth-order valence-electron chi connectivity index (χ4n) is 1.80. The van der Waals surface area contributed by atoms with Gasteiger partial charge in [0.2, 0.25) is 0 Å². The zero-order valence-corrected chi connectivity index (χ0v) is 10.4. The summed E-state index contributed by atoms with van der Waals surface area (Å²) in [7, 11) is 1.48. The first-order chi connectivity index (χ1) is 9.15. The summed E-state index contributed by atoms with van der Waals surface area (Å²) in [5.74, 6) is 0.0860. The highest BCUT2D eigenvalue weighted by Crippen LogP contribution is 2.18. The van der Waals surface area contributed by atoms with Crippen molar-refractivity contribution in [3.8, 4) is 5.75 Å². The Bertz CT molecular complexity index is 608. The van der Waals surface area contributed by atoms with Crippen molar-refractivity contribution in [1.82, 2.24) is 4.57 Å². The van der Waals surface area contributed by atoms with Crippen LogP contribution in [0.3, 0.4) is 0 Å². The van der Waals surface area contributed by atoms with Crippen LogP contribution in [0, 0.1) is 5.82 Å². The molecular formula is C13H14FN3O2. The first kappa shape index (κ1) is 12.9. The van der Waals surface area contributed by atoms with Crippen molar-refractivity contribution in [2.45, 2.75) is 6.54 Å². The topological polar surface area (TPSA) is 72.8 Å².